The Hall–Kier alpha value is -3.47. The number of likely N-dealkylation sites (tertiary alicyclic amines) is 1. The molecule has 0 bridgehead atoms. The van der Waals surface area contributed by atoms with E-state index in [-0.39, 0.29) is 35.5 Å². The fourth-order valence-corrected chi connectivity index (χ4v) is 5.10. The number of nitrogen functional groups attached to an aromatic ring is 1. The summed E-state index contributed by atoms with van der Waals surface area (Å²) in [6.45, 7) is 1.31. The number of amides is 2. The number of rotatable bonds is 5. The molecule has 2 aromatic rings. The van der Waals surface area contributed by atoms with E-state index in [9.17, 15) is 19.8 Å². The van der Waals surface area contributed by atoms with Crippen LogP contribution in [-0.2, 0) is 14.3 Å². The van der Waals surface area contributed by atoms with Crippen molar-refractivity contribution in [3.8, 4) is 11.8 Å². The molecule has 39 heavy (non-hydrogen) atoms. The van der Waals surface area contributed by atoms with E-state index in [0.29, 0.717) is 30.9 Å². The maximum absolute atomic E-state index is 12.5. The number of imidazole rings is 1. The molecule has 1 unspecified atom stereocenters. The van der Waals surface area contributed by atoms with Gasteiger partial charge in [-0.15, -0.1) is 0 Å². The second-order valence-corrected chi connectivity index (χ2v) is 10.8. The summed E-state index contributed by atoms with van der Waals surface area (Å²) in [5.41, 5.74) is 6.70. The van der Waals surface area contributed by atoms with E-state index < -0.39 is 30.4 Å². The van der Waals surface area contributed by atoms with Gasteiger partial charge in [0.05, 0.1) is 6.33 Å². The molecule has 13 heteroatoms. The third-order valence-electron chi connectivity index (χ3n) is 7.93. The standard InChI is InChI=1S/C26H33N7O6/c27-22-18-23(33(13-28-18)25-20(35)19(34)21(39-25)24(36)29-15-7-8-15)31-17(30-22)6-1-3-14-9-11-32(12-10-14)26(37)38-16-4-2-5-16/h13-16,19-21,25,34-35H,2-5,7-12H2,(H,29,36)(H2,27,30,31)/t19-,20?,21+,25-/m1/s1. The van der Waals surface area contributed by atoms with E-state index in [0.717, 1.165) is 44.9 Å². The highest BCUT2D eigenvalue weighted by Crippen LogP contribution is 2.33. The third kappa shape index (κ3) is 5.36. The number of aliphatic hydroxyl groups is 2. The van der Waals surface area contributed by atoms with Crippen molar-refractivity contribution in [3.63, 3.8) is 0 Å². The van der Waals surface area contributed by atoms with Crippen LogP contribution in [0, 0.1) is 17.8 Å². The van der Waals surface area contributed by atoms with Crippen LogP contribution < -0.4 is 11.1 Å². The average Bonchev–Trinajstić information content (AvgIpc) is 3.53. The molecule has 0 spiro atoms. The average molecular weight is 540 g/mol. The van der Waals surface area contributed by atoms with Gasteiger partial charge in [-0.25, -0.2) is 19.7 Å². The van der Waals surface area contributed by atoms with Crippen LogP contribution in [-0.4, -0.2) is 90.2 Å². The second kappa shape index (κ2) is 10.6. The fraction of sp³-hybridized carbons (Fsp3) is 0.654. The van der Waals surface area contributed by atoms with Gasteiger partial charge in [-0.05, 0) is 56.8 Å². The Morgan fingerprint density at radius 2 is 1.90 bits per heavy atom. The van der Waals surface area contributed by atoms with Crippen LogP contribution in [0.1, 0.15) is 63.4 Å². The summed E-state index contributed by atoms with van der Waals surface area (Å²) in [6, 6.07) is 0.0910. The number of carbonyl (C=O) groups excluding carboxylic acids is 2. The third-order valence-corrected chi connectivity index (χ3v) is 7.93. The molecule has 2 saturated heterocycles. The molecule has 2 aromatic heterocycles. The van der Waals surface area contributed by atoms with Gasteiger partial charge >= 0.3 is 6.09 Å². The highest BCUT2D eigenvalue weighted by molar-refractivity contribution is 5.83. The Morgan fingerprint density at radius 1 is 1.13 bits per heavy atom. The summed E-state index contributed by atoms with van der Waals surface area (Å²) in [5.74, 6) is 6.30. The van der Waals surface area contributed by atoms with Gasteiger partial charge in [-0.1, -0.05) is 5.92 Å². The molecule has 4 heterocycles. The minimum atomic E-state index is -1.41. The zero-order valence-electron chi connectivity index (χ0n) is 21.5. The summed E-state index contributed by atoms with van der Waals surface area (Å²) in [6.07, 6.45) is 3.33. The summed E-state index contributed by atoms with van der Waals surface area (Å²) in [5, 5.41) is 23.9. The molecule has 208 valence electrons. The van der Waals surface area contributed by atoms with Crippen LogP contribution >= 0.6 is 0 Å². The SMILES string of the molecule is Nc1nc(C#CCC2CCN(C(=O)OC3CCC3)CC2)nc2c1ncn2[C@@H]1O[C@H](C(=O)NC2CC2)[C@H](O)C1O. The number of fused-ring (bicyclic) bond motifs is 1. The normalized spacial score (nSPS) is 27.6. The number of aromatic nitrogens is 4. The quantitative estimate of drug-likeness (QED) is 0.390. The fourth-order valence-electron chi connectivity index (χ4n) is 5.10. The maximum Gasteiger partial charge on any atom is 0.410 e. The number of piperidine rings is 1. The Kier molecular flexibility index (Phi) is 7.01. The molecule has 5 N–H and O–H groups in total. The van der Waals surface area contributed by atoms with Crippen LogP contribution in [0.15, 0.2) is 6.33 Å². The van der Waals surface area contributed by atoms with Crippen molar-refractivity contribution < 1.29 is 29.3 Å². The topological polar surface area (TPSA) is 178 Å². The van der Waals surface area contributed by atoms with E-state index in [4.69, 9.17) is 15.2 Å². The number of aliphatic hydroxyl groups excluding tert-OH is 2. The molecular formula is C26H33N7O6. The number of nitrogens with one attached hydrogen (secondary N) is 1. The number of carbonyl (C=O) groups is 2. The molecule has 0 aromatic carbocycles. The second-order valence-electron chi connectivity index (χ2n) is 10.8. The first kappa shape index (κ1) is 25.8. The molecule has 2 aliphatic carbocycles. The predicted octanol–water partition coefficient (Wildman–Crippen LogP) is 0.449. The zero-order valence-corrected chi connectivity index (χ0v) is 21.5. The molecule has 6 rings (SSSR count). The Bertz CT molecular complexity index is 1310. The summed E-state index contributed by atoms with van der Waals surface area (Å²) in [7, 11) is 0. The highest BCUT2D eigenvalue weighted by Gasteiger charge is 2.48. The minimum Gasteiger partial charge on any atom is -0.446 e. The lowest BCUT2D eigenvalue weighted by Gasteiger charge is -2.33. The van der Waals surface area contributed by atoms with Crippen molar-refractivity contribution in [1.29, 1.82) is 0 Å². The van der Waals surface area contributed by atoms with Gasteiger partial charge in [0.25, 0.3) is 5.91 Å². The Balaban J connectivity index is 1.10. The summed E-state index contributed by atoms with van der Waals surface area (Å²) >= 11 is 0. The molecule has 2 aliphatic heterocycles. The van der Waals surface area contributed by atoms with Gasteiger partial charge in [-0.2, -0.15) is 0 Å². The van der Waals surface area contributed by atoms with Crippen molar-refractivity contribution in [2.45, 2.75) is 88.1 Å². The van der Waals surface area contributed by atoms with E-state index in [1.807, 2.05) is 0 Å². The highest BCUT2D eigenvalue weighted by atomic mass is 16.6. The zero-order chi connectivity index (χ0) is 27.1. The largest absolute Gasteiger partial charge is 0.446 e. The van der Waals surface area contributed by atoms with Gasteiger partial charge in [0, 0.05) is 25.6 Å². The summed E-state index contributed by atoms with van der Waals surface area (Å²) in [4.78, 5) is 39.5. The lowest BCUT2D eigenvalue weighted by atomic mass is 9.94. The number of hydrogen-bond donors (Lipinski definition) is 4. The molecule has 13 nitrogen and oxygen atoms in total. The van der Waals surface area contributed by atoms with E-state index in [1.54, 1.807) is 4.90 Å². The molecule has 4 atom stereocenters. The predicted molar refractivity (Wildman–Crippen MR) is 137 cm³/mol. The van der Waals surface area contributed by atoms with Crippen LogP contribution in [0.4, 0.5) is 10.6 Å². The number of nitrogens with two attached hydrogens (primary N) is 1. The minimum absolute atomic E-state index is 0.0870. The van der Waals surface area contributed by atoms with Crippen LogP contribution in [0.3, 0.4) is 0 Å². The Labute approximate surface area is 225 Å². The van der Waals surface area contributed by atoms with Crippen LogP contribution in [0.2, 0.25) is 0 Å². The summed E-state index contributed by atoms with van der Waals surface area (Å²) < 4.78 is 12.7. The molecule has 2 amide bonds. The first-order chi connectivity index (χ1) is 18.9. The number of anilines is 1. The van der Waals surface area contributed by atoms with E-state index in [1.165, 1.54) is 10.9 Å². The van der Waals surface area contributed by atoms with Crippen molar-refractivity contribution in [3.05, 3.63) is 12.2 Å². The lowest BCUT2D eigenvalue weighted by molar-refractivity contribution is -0.137. The van der Waals surface area contributed by atoms with Crippen molar-refractivity contribution in [1.82, 2.24) is 29.7 Å². The van der Waals surface area contributed by atoms with Gasteiger partial charge in [0.2, 0.25) is 5.82 Å². The van der Waals surface area contributed by atoms with Crippen molar-refractivity contribution in [2.24, 2.45) is 5.92 Å². The van der Waals surface area contributed by atoms with Gasteiger partial charge in [0.1, 0.15) is 23.8 Å². The number of ether oxygens (including phenoxy) is 2. The van der Waals surface area contributed by atoms with Crippen LogP contribution in [0.25, 0.3) is 11.2 Å². The molecular weight excluding hydrogens is 506 g/mol. The van der Waals surface area contributed by atoms with Gasteiger partial charge in [-0.3, -0.25) is 9.36 Å². The Morgan fingerprint density at radius 3 is 2.59 bits per heavy atom. The lowest BCUT2D eigenvalue weighted by Crippen LogP contribution is -2.43. The number of nitrogens with zero attached hydrogens (tertiary/aromatic N) is 5. The van der Waals surface area contributed by atoms with E-state index >= 15 is 0 Å². The molecule has 2 saturated carbocycles. The molecule has 4 fully saturated rings. The van der Waals surface area contributed by atoms with Gasteiger partial charge < -0.3 is 35.6 Å². The van der Waals surface area contributed by atoms with E-state index in [2.05, 4.69) is 32.1 Å². The van der Waals surface area contributed by atoms with Crippen molar-refractivity contribution >= 4 is 29.0 Å². The first-order valence-corrected chi connectivity index (χ1v) is 13.6. The number of hydrogen-bond acceptors (Lipinski definition) is 10. The molecule has 0 radical (unpaired) electrons. The molecule has 4 aliphatic rings. The smallest absolute Gasteiger partial charge is 0.410 e. The first-order valence-electron chi connectivity index (χ1n) is 13.6. The van der Waals surface area contributed by atoms with Gasteiger partial charge in [0.15, 0.2) is 23.8 Å². The maximum atomic E-state index is 12.5. The van der Waals surface area contributed by atoms with Crippen LogP contribution in [0.5, 0.6) is 0 Å². The monoisotopic (exact) mass is 539 g/mol. The van der Waals surface area contributed by atoms with Crippen molar-refractivity contribution in [2.75, 3.05) is 18.8 Å².